The number of anilines is 1. The Morgan fingerprint density at radius 1 is 1.00 bits per heavy atom. The maximum absolute atomic E-state index is 14.3. The quantitative estimate of drug-likeness (QED) is 0.337. The van der Waals surface area contributed by atoms with Gasteiger partial charge in [0.2, 0.25) is 0 Å². The first-order valence-corrected chi connectivity index (χ1v) is 11.7. The Hall–Kier alpha value is -3.49. The van der Waals surface area contributed by atoms with Gasteiger partial charge in [0.25, 0.3) is 5.91 Å². The maximum Gasteiger partial charge on any atom is 0.260 e. The number of benzene rings is 3. The standard InChI is InChI=1S/C26H20F2N2O3S/c27-19-13-21(28)23-22(14-19)34-26(29-23)30(15-20-7-4-12-33-20)25(32)18-10-8-17(9-11-18)24(31)16-5-2-1-3-6-16/h1-3,5-6,8-11,13-14,20H,4,7,12,15H2. The molecule has 1 aliphatic rings. The van der Waals surface area contributed by atoms with Crippen LogP contribution in [0.2, 0.25) is 0 Å². The lowest BCUT2D eigenvalue weighted by Gasteiger charge is -2.23. The van der Waals surface area contributed by atoms with E-state index in [4.69, 9.17) is 4.74 Å². The molecule has 0 spiro atoms. The van der Waals surface area contributed by atoms with Gasteiger partial charge in [0.1, 0.15) is 11.3 Å². The molecule has 0 radical (unpaired) electrons. The highest BCUT2D eigenvalue weighted by atomic mass is 32.1. The normalized spacial score (nSPS) is 15.5. The zero-order valence-electron chi connectivity index (χ0n) is 18.0. The number of ether oxygens (including phenoxy) is 1. The third-order valence-corrected chi connectivity index (χ3v) is 6.74. The van der Waals surface area contributed by atoms with Crippen LogP contribution in [-0.2, 0) is 4.74 Å². The first-order valence-electron chi connectivity index (χ1n) is 10.9. The van der Waals surface area contributed by atoms with Crippen LogP contribution in [0.15, 0.2) is 66.7 Å². The van der Waals surface area contributed by atoms with E-state index in [1.54, 1.807) is 48.5 Å². The highest BCUT2D eigenvalue weighted by Crippen LogP contribution is 2.33. The average Bonchev–Trinajstić information content (AvgIpc) is 3.52. The minimum absolute atomic E-state index is 0.0235. The largest absolute Gasteiger partial charge is 0.376 e. The highest BCUT2D eigenvalue weighted by Gasteiger charge is 2.28. The van der Waals surface area contributed by atoms with E-state index in [-0.39, 0.29) is 35.0 Å². The minimum Gasteiger partial charge on any atom is -0.376 e. The summed E-state index contributed by atoms with van der Waals surface area (Å²) in [5.74, 6) is -1.96. The van der Waals surface area contributed by atoms with E-state index in [0.29, 0.717) is 28.0 Å². The molecule has 0 bridgehead atoms. The smallest absolute Gasteiger partial charge is 0.260 e. The number of thiazole rings is 1. The molecule has 5 nitrogen and oxygen atoms in total. The van der Waals surface area contributed by atoms with E-state index in [0.717, 1.165) is 30.2 Å². The lowest BCUT2D eigenvalue weighted by molar-refractivity contribution is 0.0917. The fraction of sp³-hybridized carbons (Fsp3) is 0.192. The minimum atomic E-state index is -0.772. The van der Waals surface area contributed by atoms with E-state index in [9.17, 15) is 18.4 Å². The van der Waals surface area contributed by atoms with Crippen molar-refractivity contribution in [2.45, 2.75) is 18.9 Å². The molecule has 1 saturated heterocycles. The third-order valence-electron chi connectivity index (χ3n) is 5.72. The van der Waals surface area contributed by atoms with Gasteiger partial charge in [-0.25, -0.2) is 13.8 Å². The van der Waals surface area contributed by atoms with Crippen molar-refractivity contribution in [2.24, 2.45) is 0 Å². The van der Waals surface area contributed by atoms with Crippen LogP contribution in [0.25, 0.3) is 10.2 Å². The van der Waals surface area contributed by atoms with Crippen LogP contribution >= 0.6 is 11.3 Å². The van der Waals surface area contributed by atoms with Gasteiger partial charge in [-0.2, -0.15) is 0 Å². The summed E-state index contributed by atoms with van der Waals surface area (Å²) in [6, 6.07) is 17.3. The molecule has 0 saturated carbocycles. The molecule has 172 valence electrons. The van der Waals surface area contributed by atoms with Gasteiger partial charge in [-0.1, -0.05) is 53.8 Å². The molecule has 1 unspecified atom stereocenters. The molecule has 1 aromatic heterocycles. The van der Waals surface area contributed by atoms with Crippen molar-refractivity contribution >= 4 is 38.4 Å². The topological polar surface area (TPSA) is 59.5 Å². The Labute approximate surface area is 198 Å². The Morgan fingerprint density at radius 3 is 2.41 bits per heavy atom. The number of nitrogens with zero attached hydrogens (tertiary/aromatic N) is 2. The highest BCUT2D eigenvalue weighted by molar-refractivity contribution is 7.22. The van der Waals surface area contributed by atoms with Crippen molar-refractivity contribution < 1.29 is 23.1 Å². The zero-order chi connectivity index (χ0) is 23.7. The summed E-state index contributed by atoms with van der Waals surface area (Å²) in [5.41, 5.74) is 1.40. The number of ketones is 1. The van der Waals surface area contributed by atoms with Crippen LogP contribution in [0.4, 0.5) is 13.9 Å². The van der Waals surface area contributed by atoms with Crippen molar-refractivity contribution in [3.05, 3.63) is 95.1 Å². The second kappa shape index (κ2) is 9.40. The van der Waals surface area contributed by atoms with E-state index < -0.39 is 11.6 Å². The van der Waals surface area contributed by atoms with Gasteiger partial charge in [-0.05, 0) is 31.0 Å². The van der Waals surface area contributed by atoms with Crippen LogP contribution in [0.5, 0.6) is 0 Å². The summed E-state index contributed by atoms with van der Waals surface area (Å²) >= 11 is 1.05. The van der Waals surface area contributed by atoms with Gasteiger partial charge in [-0.15, -0.1) is 0 Å². The Balaban J connectivity index is 1.46. The number of carbonyl (C=O) groups excluding carboxylic acids is 2. The van der Waals surface area contributed by atoms with Gasteiger partial charge < -0.3 is 4.74 Å². The molecule has 1 atom stereocenters. The summed E-state index contributed by atoms with van der Waals surface area (Å²) in [6.45, 7) is 0.857. The molecule has 0 aliphatic carbocycles. The van der Waals surface area contributed by atoms with Crippen LogP contribution in [-0.4, -0.2) is 35.9 Å². The molecule has 3 aromatic carbocycles. The fourth-order valence-electron chi connectivity index (χ4n) is 3.98. The second-order valence-electron chi connectivity index (χ2n) is 8.05. The fourth-order valence-corrected chi connectivity index (χ4v) is 4.99. The number of hydrogen-bond acceptors (Lipinski definition) is 5. The van der Waals surface area contributed by atoms with Crippen LogP contribution in [0.1, 0.15) is 39.1 Å². The molecule has 1 amide bonds. The predicted molar refractivity (Wildman–Crippen MR) is 127 cm³/mol. The van der Waals surface area contributed by atoms with E-state index >= 15 is 0 Å². The van der Waals surface area contributed by atoms with Crippen molar-refractivity contribution in [3.63, 3.8) is 0 Å². The lowest BCUT2D eigenvalue weighted by Crippen LogP contribution is -2.37. The molecule has 0 N–H and O–H groups in total. The van der Waals surface area contributed by atoms with Crippen molar-refractivity contribution in [3.8, 4) is 0 Å². The van der Waals surface area contributed by atoms with Gasteiger partial charge in [0, 0.05) is 29.4 Å². The van der Waals surface area contributed by atoms with Gasteiger partial charge in [-0.3, -0.25) is 14.5 Å². The molecule has 5 rings (SSSR count). The summed E-state index contributed by atoms with van der Waals surface area (Å²) in [6.07, 6.45) is 1.52. The number of hydrogen-bond donors (Lipinski definition) is 0. The molecule has 2 heterocycles. The number of halogens is 2. The van der Waals surface area contributed by atoms with Gasteiger partial charge >= 0.3 is 0 Å². The number of carbonyl (C=O) groups is 2. The number of amides is 1. The van der Waals surface area contributed by atoms with Crippen molar-refractivity contribution in [2.75, 3.05) is 18.1 Å². The average molecular weight is 479 g/mol. The van der Waals surface area contributed by atoms with Crippen LogP contribution < -0.4 is 4.90 Å². The second-order valence-corrected chi connectivity index (χ2v) is 9.06. The Bertz CT molecular complexity index is 1350. The SMILES string of the molecule is O=C(c1ccccc1)c1ccc(C(=O)N(CC2CCCO2)c2nc3c(F)cc(F)cc3s2)cc1. The summed E-state index contributed by atoms with van der Waals surface area (Å²) in [4.78, 5) is 31.9. The Morgan fingerprint density at radius 2 is 1.71 bits per heavy atom. The van der Waals surface area contributed by atoms with E-state index in [1.807, 2.05) is 6.07 Å². The third kappa shape index (κ3) is 4.47. The summed E-state index contributed by atoms with van der Waals surface area (Å²) in [7, 11) is 0. The lowest BCUT2D eigenvalue weighted by atomic mass is 10.0. The molecular formula is C26H20F2N2O3S. The first-order chi connectivity index (χ1) is 16.5. The first kappa shape index (κ1) is 22.3. The van der Waals surface area contributed by atoms with Gasteiger partial charge in [0.15, 0.2) is 16.7 Å². The number of fused-ring (bicyclic) bond motifs is 1. The summed E-state index contributed by atoms with van der Waals surface area (Å²) < 4.78 is 34.0. The van der Waals surface area contributed by atoms with Crippen LogP contribution in [0.3, 0.4) is 0 Å². The van der Waals surface area contributed by atoms with Gasteiger partial charge in [0.05, 0.1) is 17.3 Å². The summed E-state index contributed by atoms with van der Waals surface area (Å²) in [5, 5.41) is 0.268. The van der Waals surface area contributed by atoms with Crippen molar-refractivity contribution in [1.29, 1.82) is 0 Å². The van der Waals surface area contributed by atoms with E-state index in [1.165, 1.54) is 11.0 Å². The molecule has 34 heavy (non-hydrogen) atoms. The number of aromatic nitrogens is 1. The molecule has 1 fully saturated rings. The van der Waals surface area contributed by atoms with Crippen molar-refractivity contribution in [1.82, 2.24) is 4.98 Å². The number of rotatable bonds is 6. The molecule has 1 aliphatic heterocycles. The predicted octanol–water partition coefficient (Wildman–Crippen LogP) is 5.63. The molecule has 4 aromatic rings. The zero-order valence-corrected chi connectivity index (χ0v) is 18.9. The van der Waals surface area contributed by atoms with E-state index in [2.05, 4.69) is 4.98 Å². The maximum atomic E-state index is 14.3. The van der Waals surface area contributed by atoms with Crippen LogP contribution in [0, 0.1) is 11.6 Å². The molecule has 8 heteroatoms. The molecular weight excluding hydrogens is 458 g/mol. The Kier molecular flexibility index (Phi) is 6.17. The monoisotopic (exact) mass is 478 g/mol.